The van der Waals surface area contributed by atoms with Gasteiger partial charge >= 0.3 is 0 Å². The van der Waals surface area contributed by atoms with Gasteiger partial charge in [-0.3, -0.25) is 0 Å². The zero-order valence-electron chi connectivity index (χ0n) is 11.1. The van der Waals surface area contributed by atoms with E-state index < -0.39 is 0 Å². The van der Waals surface area contributed by atoms with Gasteiger partial charge in [0.15, 0.2) is 5.82 Å². The van der Waals surface area contributed by atoms with Crippen molar-refractivity contribution in [2.75, 3.05) is 24.2 Å². The fourth-order valence-corrected chi connectivity index (χ4v) is 1.49. The van der Waals surface area contributed by atoms with Crippen LogP contribution in [0.2, 0.25) is 0 Å². The first kappa shape index (κ1) is 13.5. The number of unbranched alkanes of at least 4 members (excludes halogenated alkanes) is 1. The third kappa shape index (κ3) is 3.76. The quantitative estimate of drug-likeness (QED) is 0.822. The predicted molar refractivity (Wildman–Crippen MR) is 70.4 cm³/mol. The van der Waals surface area contributed by atoms with E-state index in [4.69, 9.17) is 10.5 Å². The molecule has 1 rings (SSSR count). The van der Waals surface area contributed by atoms with Gasteiger partial charge < -0.3 is 15.4 Å². The first-order chi connectivity index (χ1) is 8.06. The molecule has 0 spiro atoms. The number of hydrogen-bond acceptors (Lipinski definition) is 5. The van der Waals surface area contributed by atoms with Gasteiger partial charge in [0.05, 0.1) is 6.10 Å². The van der Waals surface area contributed by atoms with Gasteiger partial charge in [0, 0.05) is 13.6 Å². The first-order valence-corrected chi connectivity index (χ1v) is 6.04. The summed E-state index contributed by atoms with van der Waals surface area (Å²) in [6, 6.07) is 0. The molecule has 0 fully saturated rings. The van der Waals surface area contributed by atoms with Crippen molar-refractivity contribution in [2.24, 2.45) is 0 Å². The Morgan fingerprint density at radius 3 is 2.71 bits per heavy atom. The van der Waals surface area contributed by atoms with Crippen LogP contribution in [0.4, 0.5) is 11.5 Å². The highest BCUT2D eigenvalue weighted by atomic mass is 16.5. The fraction of sp³-hybridized carbons (Fsp3) is 0.667. The normalized spacial score (nSPS) is 10.6. The summed E-state index contributed by atoms with van der Waals surface area (Å²) in [5.41, 5.74) is 6.53. The lowest BCUT2D eigenvalue weighted by Crippen LogP contribution is -2.22. The van der Waals surface area contributed by atoms with Crippen LogP contribution in [0, 0.1) is 0 Å². The van der Waals surface area contributed by atoms with E-state index in [1.807, 2.05) is 25.8 Å². The molecule has 0 amide bonds. The van der Waals surface area contributed by atoms with Crippen molar-refractivity contribution in [1.29, 1.82) is 0 Å². The van der Waals surface area contributed by atoms with Crippen LogP contribution in [-0.4, -0.2) is 29.7 Å². The molecule has 0 unspecified atom stereocenters. The smallest absolute Gasteiger partial charge is 0.242 e. The summed E-state index contributed by atoms with van der Waals surface area (Å²) in [6.07, 6.45) is 3.80. The monoisotopic (exact) mass is 238 g/mol. The number of hydrogen-bond donors (Lipinski definition) is 1. The van der Waals surface area contributed by atoms with Gasteiger partial charge in [-0.05, 0) is 20.3 Å². The van der Waals surface area contributed by atoms with Crippen LogP contribution in [0.25, 0.3) is 0 Å². The first-order valence-electron chi connectivity index (χ1n) is 6.04. The van der Waals surface area contributed by atoms with Crippen molar-refractivity contribution in [3.8, 4) is 5.88 Å². The molecule has 0 aromatic carbocycles. The Bertz CT molecular complexity index is 354. The Hall–Kier alpha value is -1.52. The molecule has 0 atom stereocenters. The summed E-state index contributed by atoms with van der Waals surface area (Å²) in [5.74, 6) is 1.21. The number of nitrogens with zero attached hydrogens (tertiary/aromatic N) is 3. The Kier molecular flexibility index (Phi) is 5.00. The zero-order chi connectivity index (χ0) is 12.8. The Morgan fingerprint density at radius 2 is 2.12 bits per heavy atom. The van der Waals surface area contributed by atoms with Gasteiger partial charge in [-0.15, -0.1) is 0 Å². The molecule has 1 aromatic heterocycles. The van der Waals surface area contributed by atoms with Crippen LogP contribution in [-0.2, 0) is 0 Å². The summed E-state index contributed by atoms with van der Waals surface area (Å²) >= 11 is 0. The van der Waals surface area contributed by atoms with Crippen LogP contribution in [0.5, 0.6) is 5.88 Å². The van der Waals surface area contributed by atoms with Crippen molar-refractivity contribution in [3.05, 3.63) is 6.33 Å². The zero-order valence-corrected chi connectivity index (χ0v) is 11.1. The molecule has 5 nitrogen and oxygen atoms in total. The molecule has 2 N–H and O–H groups in total. The average molecular weight is 238 g/mol. The molecule has 17 heavy (non-hydrogen) atoms. The van der Waals surface area contributed by atoms with Gasteiger partial charge in [-0.1, -0.05) is 13.3 Å². The lowest BCUT2D eigenvalue weighted by atomic mass is 10.3. The number of nitrogen functional groups attached to an aromatic ring is 1. The molecule has 0 aliphatic heterocycles. The second-order valence-corrected chi connectivity index (χ2v) is 4.36. The number of anilines is 2. The van der Waals surface area contributed by atoms with Crippen LogP contribution >= 0.6 is 0 Å². The maximum absolute atomic E-state index is 6.01. The summed E-state index contributed by atoms with van der Waals surface area (Å²) in [5, 5.41) is 0. The van der Waals surface area contributed by atoms with Gasteiger partial charge in [0.2, 0.25) is 5.88 Å². The number of aromatic nitrogens is 2. The number of nitrogens with two attached hydrogens (primary N) is 1. The van der Waals surface area contributed by atoms with Crippen molar-refractivity contribution >= 4 is 11.5 Å². The van der Waals surface area contributed by atoms with Gasteiger partial charge in [0.1, 0.15) is 12.0 Å². The molecule has 1 heterocycles. The van der Waals surface area contributed by atoms with Gasteiger partial charge in [-0.25, -0.2) is 4.98 Å². The average Bonchev–Trinajstić information content (AvgIpc) is 2.28. The van der Waals surface area contributed by atoms with E-state index in [0.717, 1.165) is 25.2 Å². The van der Waals surface area contributed by atoms with E-state index in [9.17, 15) is 0 Å². The Labute approximate surface area is 103 Å². The third-order valence-corrected chi connectivity index (χ3v) is 2.38. The lowest BCUT2D eigenvalue weighted by Gasteiger charge is -2.20. The van der Waals surface area contributed by atoms with Crippen molar-refractivity contribution in [1.82, 2.24) is 9.97 Å². The summed E-state index contributed by atoms with van der Waals surface area (Å²) in [4.78, 5) is 10.3. The molecular formula is C12H22N4O. The molecule has 1 aromatic rings. The van der Waals surface area contributed by atoms with Crippen LogP contribution in [0.15, 0.2) is 6.33 Å². The Balaban J connectivity index is 2.85. The van der Waals surface area contributed by atoms with Gasteiger partial charge in [0.25, 0.3) is 0 Å². The summed E-state index contributed by atoms with van der Waals surface area (Å²) in [6.45, 7) is 6.98. The fourth-order valence-electron chi connectivity index (χ4n) is 1.49. The van der Waals surface area contributed by atoms with E-state index >= 15 is 0 Å². The van der Waals surface area contributed by atoms with Crippen molar-refractivity contribution < 1.29 is 4.74 Å². The summed E-state index contributed by atoms with van der Waals surface area (Å²) < 4.78 is 5.54. The molecule has 0 saturated carbocycles. The van der Waals surface area contributed by atoms with Crippen LogP contribution in [0.1, 0.15) is 33.6 Å². The highest BCUT2D eigenvalue weighted by Crippen LogP contribution is 2.27. The molecule has 0 radical (unpaired) electrons. The van der Waals surface area contributed by atoms with Crippen LogP contribution < -0.4 is 15.4 Å². The topological polar surface area (TPSA) is 64.3 Å². The van der Waals surface area contributed by atoms with E-state index in [0.29, 0.717) is 11.6 Å². The number of rotatable bonds is 6. The second kappa shape index (κ2) is 6.27. The lowest BCUT2D eigenvalue weighted by molar-refractivity contribution is 0.234. The van der Waals surface area contributed by atoms with Gasteiger partial charge in [-0.2, -0.15) is 4.98 Å². The van der Waals surface area contributed by atoms with E-state index in [2.05, 4.69) is 16.9 Å². The highest BCUT2D eigenvalue weighted by Gasteiger charge is 2.13. The molecular weight excluding hydrogens is 216 g/mol. The molecule has 5 heteroatoms. The standard InChI is InChI=1S/C12H22N4O/c1-5-6-7-16(4)11-10(13)12(15-8-14-11)17-9(2)3/h8-9H,5-7,13H2,1-4H3. The maximum atomic E-state index is 6.01. The van der Waals surface area contributed by atoms with Crippen molar-refractivity contribution in [2.45, 2.75) is 39.7 Å². The van der Waals surface area contributed by atoms with E-state index in [1.54, 1.807) is 0 Å². The van der Waals surface area contributed by atoms with Crippen LogP contribution in [0.3, 0.4) is 0 Å². The molecule has 0 saturated heterocycles. The minimum atomic E-state index is 0.0565. The Morgan fingerprint density at radius 1 is 1.41 bits per heavy atom. The SMILES string of the molecule is CCCCN(C)c1ncnc(OC(C)C)c1N. The molecule has 0 bridgehead atoms. The largest absolute Gasteiger partial charge is 0.473 e. The molecule has 96 valence electrons. The predicted octanol–water partition coefficient (Wildman–Crippen LogP) is 2.08. The maximum Gasteiger partial charge on any atom is 0.242 e. The second-order valence-electron chi connectivity index (χ2n) is 4.36. The molecule has 0 aliphatic rings. The minimum absolute atomic E-state index is 0.0565. The third-order valence-electron chi connectivity index (χ3n) is 2.38. The van der Waals surface area contributed by atoms with E-state index in [-0.39, 0.29) is 6.10 Å². The molecule has 0 aliphatic carbocycles. The number of ether oxygens (including phenoxy) is 1. The highest BCUT2D eigenvalue weighted by molar-refractivity contribution is 5.67. The van der Waals surface area contributed by atoms with Crippen molar-refractivity contribution in [3.63, 3.8) is 0 Å². The minimum Gasteiger partial charge on any atom is -0.473 e. The van der Waals surface area contributed by atoms with E-state index in [1.165, 1.54) is 6.33 Å². The summed E-state index contributed by atoms with van der Waals surface area (Å²) in [7, 11) is 1.98.